The summed E-state index contributed by atoms with van der Waals surface area (Å²) >= 11 is 0. The zero-order valence-electron chi connectivity index (χ0n) is 11.0. The molecule has 0 bridgehead atoms. The molecule has 0 aliphatic carbocycles. The van der Waals surface area contributed by atoms with Crippen molar-refractivity contribution in [2.45, 2.75) is 59.4 Å². The molecular weight excluding hydrogens is 192 g/mol. The van der Waals surface area contributed by atoms with Gasteiger partial charge < -0.3 is 14.2 Å². The fraction of sp³-hybridized carbons (Fsp3) is 1.00. The third kappa shape index (κ3) is 10.2. The molecule has 0 saturated carbocycles. The minimum Gasteiger partial charge on any atom is -0.379 e. The Balaban J connectivity index is 3.57. The van der Waals surface area contributed by atoms with E-state index in [-0.39, 0.29) is 17.8 Å². The highest BCUT2D eigenvalue weighted by atomic mass is 16.6. The first-order valence-electron chi connectivity index (χ1n) is 5.72. The van der Waals surface area contributed by atoms with Crippen molar-refractivity contribution in [2.75, 3.05) is 19.8 Å². The van der Waals surface area contributed by atoms with Crippen LogP contribution in [0.25, 0.3) is 0 Å². The van der Waals surface area contributed by atoms with Gasteiger partial charge in [0.05, 0.1) is 31.0 Å². The van der Waals surface area contributed by atoms with Gasteiger partial charge in [-0.25, -0.2) is 0 Å². The van der Waals surface area contributed by atoms with Gasteiger partial charge in [-0.05, 0) is 41.5 Å². The van der Waals surface area contributed by atoms with Crippen molar-refractivity contribution >= 4 is 0 Å². The van der Waals surface area contributed by atoms with E-state index in [1.54, 1.807) is 0 Å². The molecule has 0 aliphatic heterocycles. The van der Waals surface area contributed by atoms with Crippen LogP contribution in [-0.2, 0) is 14.2 Å². The molecule has 0 aliphatic rings. The van der Waals surface area contributed by atoms with Crippen LogP contribution in [0.15, 0.2) is 0 Å². The lowest BCUT2D eigenvalue weighted by Crippen LogP contribution is -2.30. The van der Waals surface area contributed by atoms with Crippen LogP contribution < -0.4 is 0 Å². The summed E-state index contributed by atoms with van der Waals surface area (Å²) < 4.78 is 16.6. The van der Waals surface area contributed by atoms with E-state index in [1.165, 1.54) is 0 Å². The molecule has 0 spiro atoms. The largest absolute Gasteiger partial charge is 0.379 e. The van der Waals surface area contributed by atoms with Crippen molar-refractivity contribution in [3.63, 3.8) is 0 Å². The smallest absolute Gasteiger partial charge is 0.0787 e. The van der Waals surface area contributed by atoms with Gasteiger partial charge in [-0.1, -0.05) is 0 Å². The Labute approximate surface area is 94.1 Å². The summed E-state index contributed by atoms with van der Waals surface area (Å²) in [5, 5.41) is 0. The van der Waals surface area contributed by atoms with Crippen LogP contribution in [0.1, 0.15) is 41.5 Å². The van der Waals surface area contributed by atoms with Crippen LogP contribution in [0.3, 0.4) is 0 Å². The minimum atomic E-state index is -0.105. The summed E-state index contributed by atoms with van der Waals surface area (Å²) in [6.45, 7) is 14.2. The highest BCUT2D eigenvalue weighted by Crippen LogP contribution is 2.11. The molecule has 0 amide bonds. The Morgan fingerprint density at radius 1 is 1.00 bits per heavy atom. The molecule has 2 atom stereocenters. The van der Waals surface area contributed by atoms with Gasteiger partial charge in [0.1, 0.15) is 0 Å². The van der Waals surface area contributed by atoms with Crippen molar-refractivity contribution < 1.29 is 14.2 Å². The van der Waals surface area contributed by atoms with E-state index in [1.807, 2.05) is 41.5 Å². The van der Waals surface area contributed by atoms with Gasteiger partial charge in [0.15, 0.2) is 0 Å². The summed E-state index contributed by atoms with van der Waals surface area (Å²) in [6, 6.07) is 0. The lowest BCUT2D eigenvalue weighted by molar-refractivity contribution is -0.103. The standard InChI is InChI=1S/C12H26O3/c1-7-13-8-10(2)14-9-11(3)15-12(4,5)6/h10-11H,7-9H2,1-6H3. The van der Waals surface area contributed by atoms with Crippen LogP contribution in [0.5, 0.6) is 0 Å². The van der Waals surface area contributed by atoms with Crippen molar-refractivity contribution in [3.05, 3.63) is 0 Å². The first-order valence-corrected chi connectivity index (χ1v) is 5.72. The van der Waals surface area contributed by atoms with Crippen molar-refractivity contribution in [3.8, 4) is 0 Å². The van der Waals surface area contributed by atoms with E-state index < -0.39 is 0 Å². The molecule has 3 heteroatoms. The summed E-state index contributed by atoms with van der Waals surface area (Å²) in [5.74, 6) is 0. The van der Waals surface area contributed by atoms with Gasteiger partial charge in [-0.3, -0.25) is 0 Å². The average molecular weight is 218 g/mol. The second-order valence-electron chi connectivity index (χ2n) is 4.84. The average Bonchev–Trinajstić information content (AvgIpc) is 2.08. The molecule has 0 N–H and O–H groups in total. The monoisotopic (exact) mass is 218 g/mol. The zero-order valence-corrected chi connectivity index (χ0v) is 11.0. The Bertz CT molecular complexity index is 151. The van der Waals surface area contributed by atoms with Crippen molar-refractivity contribution in [1.29, 1.82) is 0 Å². The summed E-state index contributed by atoms with van der Waals surface area (Å²) in [6.07, 6.45) is 0.255. The van der Waals surface area contributed by atoms with E-state index in [9.17, 15) is 0 Å². The zero-order chi connectivity index (χ0) is 11.9. The maximum atomic E-state index is 5.73. The van der Waals surface area contributed by atoms with E-state index in [4.69, 9.17) is 14.2 Å². The van der Waals surface area contributed by atoms with Gasteiger partial charge in [-0.15, -0.1) is 0 Å². The number of ether oxygens (including phenoxy) is 3. The molecule has 0 aromatic rings. The second-order valence-corrected chi connectivity index (χ2v) is 4.84. The Kier molecular flexibility index (Phi) is 7.14. The predicted molar refractivity (Wildman–Crippen MR) is 62.2 cm³/mol. The van der Waals surface area contributed by atoms with Crippen molar-refractivity contribution in [2.24, 2.45) is 0 Å². The van der Waals surface area contributed by atoms with Crippen LogP contribution in [0.2, 0.25) is 0 Å². The van der Waals surface area contributed by atoms with Gasteiger partial charge in [-0.2, -0.15) is 0 Å². The minimum absolute atomic E-state index is 0.105. The van der Waals surface area contributed by atoms with Gasteiger partial charge >= 0.3 is 0 Å². The Morgan fingerprint density at radius 2 is 1.60 bits per heavy atom. The fourth-order valence-electron chi connectivity index (χ4n) is 1.27. The van der Waals surface area contributed by atoms with Crippen LogP contribution in [0, 0.1) is 0 Å². The number of hydrogen-bond donors (Lipinski definition) is 0. The second kappa shape index (κ2) is 7.20. The van der Waals surface area contributed by atoms with E-state index in [2.05, 4.69) is 0 Å². The third-order valence-electron chi connectivity index (χ3n) is 1.73. The summed E-state index contributed by atoms with van der Waals surface area (Å²) in [4.78, 5) is 0. The first kappa shape index (κ1) is 14.9. The van der Waals surface area contributed by atoms with Crippen LogP contribution in [-0.4, -0.2) is 37.6 Å². The van der Waals surface area contributed by atoms with Gasteiger partial charge in [0.25, 0.3) is 0 Å². The lowest BCUT2D eigenvalue weighted by Gasteiger charge is -2.26. The van der Waals surface area contributed by atoms with Crippen LogP contribution in [0.4, 0.5) is 0 Å². The molecule has 0 saturated heterocycles. The molecule has 0 aromatic heterocycles. The molecule has 92 valence electrons. The SMILES string of the molecule is CCOCC(C)OCC(C)OC(C)(C)C. The highest BCUT2D eigenvalue weighted by Gasteiger charge is 2.15. The number of rotatable bonds is 7. The molecule has 0 heterocycles. The van der Waals surface area contributed by atoms with Crippen molar-refractivity contribution in [1.82, 2.24) is 0 Å². The maximum Gasteiger partial charge on any atom is 0.0787 e. The van der Waals surface area contributed by atoms with Gasteiger partial charge in [0, 0.05) is 6.61 Å². The molecular formula is C12H26O3. The fourth-order valence-corrected chi connectivity index (χ4v) is 1.27. The van der Waals surface area contributed by atoms with Crippen LogP contribution >= 0.6 is 0 Å². The Morgan fingerprint density at radius 3 is 2.07 bits per heavy atom. The molecule has 0 rings (SSSR count). The third-order valence-corrected chi connectivity index (χ3v) is 1.73. The molecule has 3 nitrogen and oxygen atoms in total. The lowest BCUT2D eigenvalue weighted by atomic mass is 10.2. The quantitative estimate of drug-likeness (QED) is 0.657. The van der Waals surface area contributed by atoms with E-state index in [0.717, 1.165) is 6.61 Å². The van der Waals surface area contributed by atoms with Gasteiger partial charge in [0.2, 0.25) is 0 Å². The van der Waals surface area contributed by atoms with E-state index in [0.29, 0.717) is 13.2 Å². The topological polar surface area (TPSA) is 27.7 Å². The molecule has 0 fully saturated rings. The normalized spacial score (nSPS) is 16.4. The summed E-state index contributed by atoms with van der Waals surface area (Å²) in [5.41, 5.74) is -0.105. The summed E-state index contributed by atoms with van der Waals surface area (Å²) in [7, 11) is 0. The highest BCUT2D eigenvalue weighted by molar-refractivity contribution is 4.63. The van der Waals surface area contributed by atoms with E-state index >= 15 is 0 Å². The molecule has 0 aromatic carbocycles. The number of hydrogen-bond acceptors (Lipinski definition) is 3. The molecule has 15 heavy (non-hydrogen) atoms. The Hall–Kier alpha value is -0.120. The molecule has 0 radical (unpaired) electrons. The first-order chi connectivity index (χ1) is 6.85. The molecule has 2 unspecified atom stereocenters. The maximum absolute atomic E-state index is 5.73. The predicted octanol–water partition coefficient (Wildman–Crippen LogP) is 2.63.